The average molecular weight is 907 g/mol. The molecule has 3 aromatic carbocycles. The summed E-state index contributed by atoms with van der Waals surface area (Å²) < 4.78 is 10.4. The summed E-state index contributed by atoms with van der Waals surface area (Å²) in [5.41, 5.74) is 6.43. The number of halogens is 1. The van der Waals surface area contributed by atoms with Crippen LogP contribution in [0.3, 0.4) is 0 Å². The van der Waals surface area contributed by atoms with Gasteiger partial charge in [-0.05, 0) is 107 Å². The van der Waals surface area contributed by atoms with Gasteiger partial charge in [-0.1, -0.05) is 74.0 Å². The van der Waals surface area contributed by atoms with Gasteiger partial charge in [-0.15, -0.1) is 10.2 Å². The van der Waals surface area contributed by atoms with Gasteiger partial charge in [-0.2, -0.15) is 5.26 Å². The molecule has 0 bridgehead atoms. The Bertz CT molecular complexity index is 2360. The van der Waals surface area contributed by atoms with Crippen LogP contribution in [0.5, 0.6) is 5.75 Å². The number of carbonyl (C=O) groups excluding carboxylic acids is 2. The van der Waals surface area contributed by atoms with Gasteiger partial charge in [-0.3, -0.25) is 4.79 Å². The normalized spacial score (nSPS) is 18.2. The Hall–Kier alpha value is -5.62. The van der Waals surface area contributed by atoms with Crippen LogP contribution in [-0.4, -0.2) is 94.9 Å². The van der Waals surface area contributed by atoms with E-state index in [1.165, 1.54) is 43.2 Å². The maximum absolute atomic E-state index is 12.6. The molecule has 3 aliphatic rings. The van der Waals surface area contributed by atoms with Gasteiger partial charge in [0.15, 0.2) is 11.5 Å². The summed E-state index contributed by atoms with van der Waals surface area (Å²) in [5.74, 6) is 2.75. The zero-order chi connectivity index (χ0) is 45.6. The van der Waals surface area contributed by atoms with E-state index in [1.807, 2.05) is 36.4 Å². The molecule has 2 N–H and O–H groups in total. The van der Waals surface area contributed by atoms with Crippen molar-refractivity contribution in [3.8, 4) is 11.8 Å². The monoisotopic (exact) mass is 905 g/mol. The summed E-state index contributed by atoms with van der Waals surface area (Å²) in [5, 5.41) is 30.6. The number of anilines is 2. The van der Waals surface area contributed by atoms with Gasteiger partial charge >= 0.3 is 0 Å². The first kappa shape index (κ1) is 47.8. The molecule has 2 saturated carbocycles. The maximum atomic E-state index is 12.6. The minimum absolute atomic E-state index is 0.0646. The Morgan fingerprint density at radius 3 is 2.33 bits per heavy atom. The molecule has 2 aliphatic carbocycles. The molecule has 338 valence electrons. The number of imidazole rings is 1. The second-order valence-corrected chi connectivity index (χ2v) is 17.7. The Kier molecular flexibility index (Phi) is 17.5. The number of aliphatic hydroxyl groups excluding tert-OH is 1. The molecule has 5 aromatic rings. The van der Waals surface area contributed by atoms with E-state index in [2.05, 4.69) is 92.2 Å². The van der Waals surface area contributed by atoms with Crippen molar-refractivity contribution in [3.63, 3.8) is 0 Å². The Morgan fingerprint density at radius 1 is 0.984 bits per heavy atom. The molecule has 0 atom stereocenters. The Morgan fingerprint density at radius 2 is 1.70 bits per heavy atom. The second-order valence-electron chi connectivity index (χ2n) is 16.7. The molecule has 2 aromatic heterocycles. The number of aliphatic hydroxyl groups is 1. The Labute approximate surface area is 387 Å². The molecule has 1 saturated heterocycles. The van der Waals surface area contributed by atoms with Crippen LogP contribution in [-0.2, 0) is 17.6 Å². The van der Waals surface area contributed by atoms with Crippen molar-refractivity contribution in [2.45, 2.75) is 95.7 Å². The van der Waals surface area contributed by atoms with Gasteiger partial charge in [0.1, 0.15) is 24.4 Å². The lowest BCUT2D eigenvalue weighted by Gasteiger charge is -2.32. The second kappa shape index (κ2) is 23.4. The smallest absolute Gasteiger partial charge is 0.272 e. The van der Waals surface area contributed by atoms with Gasteiger partial charge in [0, 0.05) is 63.4 Å². The fraction of sp³-hybridized carbons (Fsp3) is 0.429. The molecule has 64 heavy (non-hydrogen) atoms. The number of nitrogens with zero attached hydrogens (tertiary/aromatic N) is 8. The number of hydrogen-bond donors (Lipinski definition) is 3. The van der Waals surface area contributed by atoms with E-state index in [0.29, 0.717) is 40.3 Å². The van der Waals surface area contributed by atoms with Crippen LogP contribution in [0.15, 0.2) is 84.6 Å². The van der Waals surface area contributed by atoms with Crippen molar-refractivity contribution in [1.82, 2.24) is 30.0 Å². The summed E-state index contributed by atoms with van der Waals surface area (Å²) in [6, 6.07) is 26.3. The molecule has 1 aliphatic heterocycles. The average Bonchev–Trinajstić information content (AvgIpc) is 3.68. The van der Waals surface area contributed by atoms with Crippen LogP contribution in [0.4, 0.5) is 11.5 Å². The van der Waals surface area contributed by atoms with Gasteiger partial charge in [0.05, 0.1) is 39.2 Å². The third-order valence-electron chi connectivity index (χ3n) is 12.2. The lowest BCUT2D eigenvalue weighted by atomic mass is 9.93. The number of aromatic nitrogens is 4. The SMILES string of the molecule is C/C(O)=C/Cc1c(N(C)S)ccc2c1nc(Cc1ccccc1)n2C1CCCCC1.C=O.CN1CCN(c2ccc(C(=O)NC3CCC(Oc4ccc(C#N)c(Cl)c4)CC3)nn2)CC1. The van der Waals surface area contributed by atoms with Gasteiger partial charge < -0.3 is 38.6 Å². The van der Waals surface area contributed by atoms with Crippen LogP contribution in [0, 0.1) is 11.3 Å². The van der Waals surface area contributed by atoms with Crippen LogP contribution < -0.4 is 19.3 Å². The Balaban J connectivity index is 0.000000205. The van der Waals surface area contributed by atoms with E-state index in [1.54, 1.807) is 31.2 Å². The fourth-order valence-electron chi connectivity index (χ4n) is 8.75. The van der Waals surface area contributed by atoms with E-state index >= 15 is 0 Å². The predicted molar refractivity (Wildman–Crippen MR) is 258 cm³/mol. The van der Waals surface area contributed by atoms with Crippen LogP contribution in [0.25, 0.3) is 11.0 Å². The number of fused-ring (bicyclic) bond motifs is 1. The lowest BCUT2D eigenvalue weighted by Crippen LogP contribution is -2.45. The van der Waals surface area contributed by atoms with E-state index in [4.69, 9.17) is 31.4 Å². The van der Waals surface area contributed by atoms with Crippen molar-refractivity contribution in [1.29, 1.82) is 5.26 Å². The quantitative estimate of drug-likeness (QED) is 0.0860. The number of carbonyl (C=O) groups is 2. The number of ether oxygens (including phenoxy) is 1. The number of thiol groups is 1. The summed E-state index contributed by atoms with van der Waals surface area (Å²) in [6.07, 6.45) is 13.0. The van der Waals surface area contributed by atoms with E-state index < -0.39 is 0 Å². The molecular formula is C49H60ClN9O4S. The summed E-state index contributed by atoms with van der Waals surface area (Å²) >= 11 is 10.6. The standard InChI is InChI=1S/C25H31N3OS.C23H27ClN6O2.CH2O/c1-18(29)13-14-21-22(27(2)30)15-16-23-25(21)26-24(17-19-9-5-3-6-10-19)28(23)20-11-7-4-8-12-20;1-29-10-12-30(13-11-29)22-9-8-21(27-28-22)23(31)26-17-3-6-18(7-4-17)32-19-5-2-16(15-25)20(24)14-19;1-2/h3,5-6,9-10,13,15-16,20,29-30H,4,7-8,11-12,14,17H2,1-2H3;2,5,8-9,14,17-18H,3-4,6-7,10-13H2,1H3,(H,26,31);1H2/b18-13-;;. The van der Waals surface area contributed by atoms with Gasteiger partial charge in [0.2, 0.25) is 0 Å². The van der Waals surface area contributed by atoms with Crippen molar-refractivity contribution in [2.75, 3.05) is 49.5 Å². The number of hydrogen-bond acceptors (Lipinski definition) is 12. The number of nitriles is 1. The van der Waals surface area contributed by atoms with Crippen molar-refractivity contribution >= 4 is 59.7 Å². The molecule has 0 spiro atoms. The molecule has 15 heteroatoms. The highest BCUT2D eigenvalue weighted by Crippen LogP contribution is 2.37. The van der Waals surface area contributed by atoms with Crippen molar-refractivity contribution < 1.29 is 19.4 Å². The van der Waals surface area contributed by atoms with Gasteiger partial charge in [0.25, 0.3) is 5.91 Å². The van der Waals surface area contributed by atoms with E-state index in [0.717, 1.165) is 86.7 Å². The molecule has 13 nitrogen and oxygen atoms in total. The van der Waals surface area contributed by atoms with Crippen molar-refractivity contribution in [3.05, 3.63) is 118 Å². The predicted octanol–water partition coefficient (Wildman–Crippen LogP) is 9.11. The third kappa shape index (κ3) is 12.5. The number of nitrogens with one attached hydrogen (secondary N) is 1. The highest BCUT2D eigenvalue weighted by Gasteiger charge is 2.26. The number of benzene rings is 3. The number of amides is 1. The zero-order valence-corrected chi connectivity index (χ0v) is 38.8. The number of rotatable bonds is 11. The highest BCUT2D eigenvalue weighted by atomic mass is 35.5. The molecule has 8 rings (SSSR count). The molecule has 3 fully saturated rings. The minimum atomic E-state index is -0.189. The summed E-state index contributed by atoms with van der Waals surface area (Å²) in [6.45, 7) is 7.53. The first-order valence-electron chi connectivity index (χ1n) is 22.1. The van der Waals surface area contributed by atoms with E-state index in [-0.39, 0.29) is 18.1 Å². The highest BCUT2D eigenvalue weighted by molar-refractivity contribution is 7.81. The number of likely N-dealkylation sites (N-methyl/N-ethyl adjacent to an activating group) is 1. The third-order valence-corrected chi connectivity index (χ3v) is 12.7. The molecular weight excluding hydrogens is 846 g/mol. The first-order valence-corrected chi connectivity index (χ1v) is 22.9. The number of piperazine rings is 1. The zero-order valence-electron chi connectivity index (χ0n) is 37.1. The van der Waals surface area contributed by atoms with Crippen LogP contribution in [0.2, 0.25) is 5.02 Å². The molecule has 1 amide bonds. The minimum Gasteiger partial charge on any atom is -0.513 e. The maximum Gasteiger partial charge on any atom is 0.272 e. The van der Waals surface area contributed by atoms with E-state index in [9.17, 15) is 9.90 Å². The van der Waals surface area contributed by atoms with Crippen molar-refractivity contribution in [2.24, 2.45) is 0 Å². The lowest BCUT2D eigenvalue weighted by molar-refractivity contribution is -0.0980. The fourth-order valence-corrected chi connectivity index (χ4v) is 9.15. The summed E-state index contributed by atoms with van der Waals surface area (Å²) in [4.78, 5) is 30.3. The largest absolute Gasteiger partial charge is 0.513 e. The van der Waals surface area contributed by atoms with Crippen LogP contribution in [0.1, 0.15) is 104 Å². The summed E-state index contributed by atoms with van der Waals surface area (Å²) in [7, 11) is 4.05. The van der Waals surface area contributed by atoms with Gasteiger partial charge in [-0.25, -0.2) is 4.98 Å². The molecule has 0 unspecified atom stereocenters. The first-order chi connectivity index (χ1) is 31.1. The molecule has 3 heterocycles. The molecule has 0 radical (unpaired) electrons. The van der Waals surface area contributed by atoms with Crippen LogP contribution >= 0.6 is 24.4 Å². The number of allylic oxidation sites excluding steroid dienone is 2. The topological polar surface area (TPSA) is 153 Å².